The van der Waals surface area contributed by atoms with Crippen molar-refractivity contribution in [1.29, 1.82) is 0 Å². The molecule has 0 aliphatic heterocycles. The van der Waals surface area contributed by atoms with E-state index < -0.39 is 0 Å². The number of aromatic amines is 1. The van der Waals surface area contributed by atoms with E-state index in [4.69, 9.17) is 0 Å². The van der Waals surface area contributed by atoms with Crippen LogP contribution in [0.4, 0.5) is 0 Å². The second-order valence-corrected chi connectivity index (χ2v) is 4.43. The van der Waals surface area contributed by atoms with E-state index in [9.17, 15) is 0 Å². The first-order valence-electron chi connectivity index (χ1n) is 5.33. The van der Waals surface area contributed by atoms with Crippen LogP contribution in [0.5, 0.6) is 0 Å². The molecule has 0 amide bonds. The standard InChI is InChI=1S/C13H18N2/c1-9-5-6-13-11(7-9)12(8-14-13)10(2)15(3)4/h5-8,10,14H,1-4H3. The average Bonchev–Trinajstić information content (AvgIpc) is 2.59. The van der Waals surface area contributed by atoms with Crippen molar-refractivity contribution in [2.75, 3.05) is 14.1 Å². The SMILES string of the molecule is Cc1ccc2[nH]cc(C(C)N(C)C)c2c1. The van der Waals surface area contributed by atoms with Crippen LogP contribution >= 0.6 is 0 Å². The minimum Gasteiger partial charge on any atom is -0.361 e. The number of H-pyrrole nitrogens is 1. The van der Waals surface area contributed by atoms with Gasteiger partial charge in [-0.15, -0.1) is 0 Å². The van der Waals surface area contributed by atoms with Crippen molar-refractivity contribution >= 4 is 10.9 Å². The molecule has 2 nitrogen and oxygen atoms in total. The summed E-state index contributed by atoms with van der Waals surface area (Å²) in [6, 6.07) is 6.99. The van der Waals surface area contributed by atoms with Gasteiger partial charge in [-0.1, -0.05) is 11.6 Å². The van der Waals surface area contributed by atoms with E-state index in [1.807, 2.05) is 0 Å². The molecule has 1 aromatic heterocycles. The molecule has 0 saturated heterocycles. The van der Waals surface area contributed by atoms with E-state index in [0.29, 0.717) is 6.04 Å². The lowest BCUT2D eigenvalue weighted by molar-refractivity contribution is 0.323. The smallest absolute Gasteiger partial charge is 0.0457 e. The average molecular weight is 202 g/mol. The second kappa shape index (κ2) is 3.70. The summed E-state index contributed by atoms with van der Waals surface area (Å²) in [6.07, 6.45) is 2.12. The fourth-order valence-corrected chi connectivity index (χ4v) is 1.88. The van der Waals surface area contributed by atoms with Gasteiger partial charge in [0, 0.05) is 23.1 Å². The number of fused-ring (bicyclic) bond motifs is 1. The Kier molecular flexibility index (Phi) is 2.53. The van der Waals surface area contributed by atoms with Crippen LogP contribution in [-0.4, -0.2) is 24.0 Å². The molecule has 2 rings (SSSR count). The van der Waals surface area contributed by atoms with Gasteiger partial charge in [0.05, 0.1) is 0 Å². The summed E-state index contributed by atoms with van der Waals surface area (Å²) in [7, 11) is 4.22. The van der Waals surface area contributed by atoms with Gasteiger partial charge in [0.15, 0.2) is 0 Å². The van der Waals surface area contributed by atoms with Crippen LogP contribution in [0.15, 0.2) is 24.4 Å². The zero-order chi connectivity index (χ0) is 11.0. The Morgan fingerprint density at radius 3 is 2.67 bits per heavy atom. The largest absolute Gasteiger partial charge is 0.361 e. The Balaban J connectivity index is 2.56. The molecule has 2 heteroatoms. The Morgan fingerprint density at radius 2 is 2.00 bits per heavy atom. The predicted octanol–water partition coefficient (Wildman–Crippen LogP) is 3.10. The van der Waals surface area contributed by atoms with E-state index in [-0.39, 0.29) is 0 Å². The van der Waals surface area contributed by atoms with Crippen LogP contribution in [-0.2, 0) is 0 Å². The highest BCUT2D eigenvalue weighted by atomic mass is 15.1. The van der Waals surface area contributed by atoms with Crippen LogP contribution in [0.1, 0.15) is 24.1 Å². The molecule has 1 heterocycles. The molecule has 1 atom stereocenters. The summed E-state index contributed by atoms with van der Waals surface area (Å²) in [4.78, 5) is 5.55. The lowest BCUT2D eigenvalue weighted by atomic mass is 10.0. The summed E-state index contributed by atoms with van der Waals surface area (Å²) in [6.45, 7) is 4.36. The fraction of sp³-hybridized carbons (Fsp3) is 0.385. The minimum absolute atomic E-state index is 0.445. The van der Waals surface area contributed by atoms with Gasteiger partial charge in [-0.2, -0.15) is 0 Å². The van der Waals surface area contributed by atoms with Gasteiger partial charge < -0.3 is 9.88 Å². The Hall–Kier alpha value is -1.28. The molecule has 2 aromatic rings. The molecule has 0 spiro atoms. The highest BCUT2D eigenvalue weighted by molar-refractivity contribution is 5.84. The molecular formula is C13H18N2. The summed E-state index contributed by atoms with van der Waals surface area (Å²) < 4.78 is 0. The number of nitrogens with zero attached hydrogens (tertiary/aromatic N) is 1. The van der Waals surface area contributed by atoms with Gasteiger partial charge in [-0.25, -0.2) is 0 Å². The minimum atomic E-state index is 0.445. The van der Waals surface area contributed by atoms with Gasteiger partial charge in [0.1, 0.15) is 0 Å². The second-order valence-electron chi connectivity index (χ2n) is 4.43. The van der Waals surface area contributed by atoms with Crippen molar-refractivity contribution in [3.05, 3.63) is 35.5 Å². The van der Waals surface area contributed by atoms with E-state index in [0.717, 1.165) is 0 Å². The highest BCUT2D eigenvalue weighted by Gasteiger charge is 2.12. The van der Waals surface area contributed by atoms with Crippen molar-refractivity contribution in [2.45, 2.75) is 19.9 Å². The molecule has 1 unspecified atom stereocenters. The molecule has 0 saturated carbocycles. The first kappa shape index (κ1) is 10.2. The Labute approximate surface area is 90.9 Å². The number of hydrogen-bond donors (Lipinski definition) is 1. The van der Waals surface area contributed by atoms with Gasteiger partial charge in [0.2, 0.25) is 0 Å². The quantitative estimate of drug-likeness (QED) is 0.792. The number of aromatic nitrogens is 1. The lowest BCUT2D eigenvalue weighted by Crippen LogP contribution is -2.16. The molecule has 0 aliphatic carbocycles. The molecule has 0 aliphatic rings. The van der Waals surface area contributed by atoms with Crippen LogP contribution < -0.4 is 0 Å². The van der Waals surface area contributed by atoms with E-state index in [1.54, 1.807) is 0 Å². The number of benzene rings is 1. The first-order valence-corrected chi connectivity index (χ1v) is 5.33. The lowest BCUT2D eigenvalue weighted by Gasteiger charge is -2.19. The summed E-state index contributed by atoms with van der Waals surface area (Å²) in [5.41, 5.74) is 3.91. The molecular weight excluding hydrogens is 184 g/mol. The van der Waals surface area contributed by atoms with Crippen molar-refractivity contribution < 1.29 is 0 Å². The van der Waals surface area contributed by atoms with Crippen LogP contribution in [0, 0.1) is 6.92 Å². The number of nitrogens with one attached hydrogen (secondary N) is 1. The molecule has 15 heavy (non-hydrogen) atoms. The van der Waals surface area contributed by atoms with E-state index >= 15 is 0 Å². The Morgan fingerprint density at radius 1 is 1.27 bits per heavy atom. The maximum atomic E-state index is 3.32. The molecule has 0 bridgehead atoms. The molecule has 1 aromatic carbocycles. The fourth-order valence-electron chi connectivity index (χ4n) is 1.88. The van der Waals surface area contributed by atoms with Gasteiger partial charge in [-0.05, 0) is 45.6 Å². The summed E-state index contributed by atoms with van der Waals surface area (Å²) in [5.74, 6) is 0. The van der Waals surface area contributed by atoms with Gasteiger partial charge in [-0.3, -0.25) is 0 Å². The van der Waals surface area contributed by atoms with Crippen molar-refractivity contribution in [3.8, 4) is 0 Å². The number of aryl methyl sites for hydroxylation is 1. The first-order chi connectivity index (χ1) is 7.09. The third-order valence-corrected chi connectivity index (χ3v) is 3.09. The van der Waals surface area contributed by atoms with Crippen LogP contribution in [0.3, 0.4) is 0 Å². The third-order valence-electron chi connectivity index (χ3n) is 3.09. The maximum Gasteiger partial charge on any atom is 0.0457 e. The third kappa shape index (κ3) is 1.77. The normalized spacial score (nSPS) is 13.7. The van der Waals surface area contributed by atoms with Crippen LogP contribution in [0.25, 0.3) is 10.9 Å². The monoisotopic (exact) mass is 202 g/mol. The summed E-state index contributed by atoms with van der Waals surface area (Å²) >= 11 is 0. The highest BCUT2D eigenvalue weighted by Crippen LogP contribution is 2.27. The summed E-state index contributed by atoms with van der Waals surface area (Å²) in [5, 5.41) is 1.34. The van der Waals surface area contributed by atoms with Crippen molar-refractivity contribution in [1.82, 2.24) is 9.88 Å². The number of hydrogen-bond acceptors (Lipinski definition) is 1. The Bertz CT molecular complexity index is 468. The van der Waals surface area contributed by atoms with Gasteiger partial charge in [0.25, 0.3) is 0 Å². The van der Waals surface area contributed by atoms with Crippen molar-refractivity contribution in [2.24, 2.45) is 0 Å². The molecule has 80 valence electrons. The molecule has 0 radical (unpaired) electrons. The number of rotatable bonds is 2. The molecule has 0 fully saturated rings. The molecule has 1 N–H and O–H groups in total. The van der Waals surface area contributed by atoms with E-state index in [1.165, 1.54) is 22.0 Å². The zero-order valence-corrected chi connectivity index (χ0v) is 9.83. The van der Waals surface area contributed by atoms with E-state index in [2.05, 4.69) is 62.2 Å². The van der Waals surface area contributed by atoms with Gasteiger partial charge >= 0.3 is 0 Å². The zero-order valence-electron chi connectivity index (χ0n) is 9.83. The predicted molar refractivity (Wildman–Crippen MR) is 65.1 cm³/mol. The maximum absolute atomic E-state index is 3.32. The topological polar surface area (TPSA) is 19.0 Å². The van der Waals surface area contributed by atoms with Crippen LogP contribution in [0.2, 0.25) is 0 Å². The van der Waals surface area contributed by atoms with Crippen molar-refractivity contribution in [3.63, 3.8) is 0 Å².